The number of carbonyl (C=O) groups is 1. The summed E-state index contributed by atoms with van der Waals surface area (Å²) in [4.78, 5) is 11.6. The molecule has 4 bridgehead atoms. The zero-order valence-corrected chi connectivity index (χ0v) is 10.9. The molecule has 0 N–H and O–H groups in total. The highest BCUT2D eigenvalue weighted by Gasteiger charge is 2.64. The third-order valence-electron chi connectivity index (χ3n) is 5.83. The minimum atomic E-state index is -0.753. The van der Waals surface area contributed by atoms with Crippen LogP contribution < -0.4 is 0 Å². The highest BCUT2D eigenvalue weighted by atomic mass is 16.8. The van der Waals surface area contributed by atoms with Crippen molar-refractivity contribution in [2.75, 3.05) is 0 Å². The van der Waals surface area contributed by atoms with Gasteiger partial charge in [-0.3, -0.25) is 0 Å². The van der Waals surface area contributed by atoms with E-state index in [1.165, 1.54) is 19.3 Å². The van der Waals surface area contributed by atoms with Crippen molar-refractivity contribution in [1.29, 1.82) is 0 Å². The molecule has 1 saturated heterocycles. The van der Waals surface area contributed by atoms with Gasteiger partial charge in [0.2, 0.25) is 5.76 Å². The third-order valence-corrected chi connectivity index (χ3v) is 5.83. The maximum absolute atomic E-state index is 11.6. The molecule has 0 aromatic carbocycles. The van der Waals surface area contributed by atoms with Gasteiger partial charge in [-0.2, -0.15) is 0 Å². The molecule has 5 fully saturated rings. The van der Waals surface area contributed by atoms with Gasteiger partial charge in [0.1, 0.15) is 0 Å². The lowest BCUT2D eigenvalue weighted by Gasteiger charge is -2.60. The highest BCUT2D eigenvalue weighted by Crippen LogP contribution is 2.65. The molecule has 0 spiro atoms. The minimum Gasteiger partial charge on any atom is -0.445 e. The Morgan fingerprint density at radius 1 is 1.06 bits per heavy atom. The zero-order valence-electron chi connectivity index (χ0n) is 10.9. The van der Waals surface area contributed by atoms with E-state index in [1.807, 2.05) is 6.92 Å². The van der Waals surface area contributed by atoms with E-state index in [1.54, 1.807) is 0 Å². The SMILES string of the molecule is C=C1OC(C)(C23CC4CC(CC(C4)C2)C3)OC1=O. The Morgan fingerprint density at radius 3 is 1.94 bits per heavy atom. The van der Waals surface area contributed by atoms with Crippen molar-refractivity contribution >= 4 is 5.97 Å². The summed E-state index contributed by atoms with van der Waals surface area (Å²) in [5, 5.41) is 0. The van der Waals surface area contributed by atoms with Crippen molar-refractivity contribution < 1.29 is 14.3 Å². The van der Waals surface area contributed by atoms with E-state index >= 15 is 0 Å². The first-order valence-electron chi connectivity index (χ1n) is 7.11. The van der Waals surface area contributed by atoms with Crippen LogP contribution in [0.2, 0.25) is 0 Å². The molecule has 4 aliphatic carbocycles. The fourth-order valence-electron chi connectivity index (χ4n) is 5.41. The summed E-state index contributed by atoms with van der Waals surface area (Å²) in [6.45, 7) is 5.62. The van der Waals surface area contributed by atoms with Gasteiger partial charge in [-0.15, -0.1) is 0 Å². The summed E-state index contributed by atoms with van der Waals surface area (Å²) >= 11 is 0. The van der Waals surface area contributed by atoms with E-state index in [-0.39, 0.29) is 17.1 Å². The average Bonchev–Trinajstić information content (AvgIpc) is 2.52. The van der Waals surface area contributed by atoms with Crippen molar-refractivity contribution in [3.05, 3.63) is 12.3 Å². The van der Waals surface area contributed by atoms with Gasteiger partial charge in [0.05, 0.1) is 0 Å². The van der Waals surface area contributed by atoms with E-state index < -0.39 is 5.79 Å². The van der Waals surface area contributed by atoms with Crippen molar-refractivity contribution in [1.82, 2.24) is 0 Å². The van der Waals surface area contributed by atoms with E-state index in [9.17, 15) is 4.79 Å². The molecule has 1 unspecified atom stereocenters. The van der Waals surface area contributed by atoms with Gasteiger partial charge in [0.15, 0.2) is 0 Å². The number of rotatable bonds is 1. The molecular formula is C15H20O3. The molecule has 1 aliphatic heterocycles. The van der Waals surface area contributed by atoms with E-state index in [2.05, 4.69) is 6.58 Å². The quantitative estimate of drug-likeness (QED) is 0.528. The number of ether oxygens (including phenoxy) is 2. The molecule has 5 aliphatic rings. The van der Waals surface area contributed by atoms with Crippen LogP contribution in [-0.4, -0.2) is 11.8 Å². The normalized spacial score (nSPS) is 53.5. The zero-order chi connectivity index (χ0) is 12.5. The Hall–Kier alpha value is -0.990. The van der Waals surface area contributed by atoms with Crippen LogP contribution in [0.25, 0.3) is 0 Å². The first kappa shape index (κ1) is 10.9. The summed E-state index contributed by atoms with van der Waals surface area (Å²) in [5.74, 6) is 1.54. The molecule has 0 amide bonds. The lowest BCUT2D eigenvalue weighted by Crippen LogP contribution is -2.57. The number of hydrogen-bond donors (Lipinski definition) is 0. The third kappa shape index (κ3) is 1.23. The molecule has 4 saturated carbocycles. The van der Waals surface area contributed by atoms with Crippen molar-refractivity contribution in [2.45, 2.75) is 51.2 Å². The van der Waals surface area contributed by atoms with Gasteiger partial charge in [0, 0.05) is 12.3 Å². The van der Waals surface area contributed by atoms with E-state index in [4.69, 9.17) is 9.47 Å². The summed E-state index contributed by atoms with van der Waals surface area (Å²) in [7, 11) is 0. The van der Waals surface area contributed by atoms with Crippen LogP contribution in [0.1, 0.15) is 45.4 Å². The van der Waals surface area contributed by atoms with Gasteiger partial charge >= 0.3 is 5.97 Å². The predicted molar refractivity (Wildman–Crippen MR) is 65.3 cm³/mol. The van der Waals surface area contributed by atoms with Gasteiger partial charge in [-0.1, -0.05) is 0 Å². The number of hydrogen-bond acceptors (Lipinski definition) is 3. The molecule has 0 aromatic heterocycles. The van der Waals surface area contributed by atoms with Crippen molar-refractivity contribution in [3.8, 4) is 0 Å². The molecule has 1 atom stereocenters. The second-order valence-electron chi connectivity index (χ2n) is 7.06. The first-order valence-corrected chi connectivity index (χ1v) is 7.11. The summed E-state index contributed by atoms with van der Waals surface area (Å²) in [6.07, 6.45) is 7.63. The Labute approximate surface area is 108 Å². The fourth-order valence-corrected chi connectivity index (χ4v) is 5.41. The summed E-state index contributed by atoms with van der Waals surface area (Å²) < 4.78 is 11.4. The Bertz CT molecular complexity index is 386. The molecule has 98 valence electrons. The van der Waals surface area contributed by atoms with E-state index in [0.29, 0.717) is 0 Å². The van der Waals surface area contributed by atoms with Crippen LogP contribution >= 0.6 is 0 Å². The van der Waals surface area contributed by atoms with Gasteiger partial charge < -0.3 is 9.47 Å². The minimum absolute atomic E-state index is 0.0524. The Morgan fingerprint density at radius 2 is 1.56 bits per heavy atom. The van der Waals surface area contributed by atoms with Crippen LogP contribution in [0.4, 0.5) is 0 Å². The largest absolute Gasteiger partial charge is 0.445 e. The fraction of sp³-hybridized carbons (Fsp3) is 0.800. The second-order valence-corrected chi connectivity index (χ2v) is 7.06. The predicted octanol–water partition coefficient (Wildman–Crippen LogP) is 3.01. The molecule has 3 heteroatoms. The van der Waals surface area contributed by atoms with Crippen LogP contribution in [0.3, 0.4) is 0 Å². The van der Waals surface area contributed by atoms with Crippen LogP contribution in [0.15, 0.2) is 12.3 Å². The smallest absolute Gasteiger partial charge is 0.376 e. The molecule has 18 heavy (non-hydrogen) atoms. The maximum Gasteiger partial charge on any atom is 0.376 e. The number of cyclic esters (lactones) is 1. The molecule has 1 heterocycles. The summed E-state index contributed by atoms with van der Waals surface area (Å²) in [6, 6.07) is 0. The van der Waals surface area contributed by atoms with Gasteiger partial charge in [0.25, 0.3) is 5.79 Å². The second kappa shape index (κ2) is 3.12. The monoisotopic (exact) mass is 248 g/mol. The standard InChI is InChI=1S/C15H20O3/c1-9-13(16)18-14(2,17-9)15-6-10-3-11(7-15)5-12(4-10)8-15/h10-12H,1,3-8H2,2H3. The molecule has 5 rings (SSSR count). The molecule has 0 aromatic rings. The Kier molecular flexibility index (Phi) is 1.89. The van der Waals surface area contributed by atoms with Gasteiger partial charge in [-0.25, -0.2) is 4.79 Å². The molecule has 0 radical (unpaired) electrons. The number of esters is 1. The average molecular weight is 248 g/mol. The molecular weight excluding hydrogens is 228 g/mol. The van der Waals surface area contributed by atoms with Crippen LogP contribution in [0.5, 0.6) is 0 Å². The lowest BCUT2D eigenvalue weighted by molar-refractivity contribution is -0.261. The maximum atomic E-state index is 11.6. The summed E-state index contributed by atoms with van der Waals surface area (Å²) in [5.41, 5.74) is 0.0524. The highest BCUT2D eigenvalue weighted by molar-refractivity contribution is 5.87. The van der Waals surface area contributed by atoms with Crippen molar-refractivity contribution in [3.63, 3.8) is 0 Å². The first-order chi connectivity index (χ1) is 8.50. The molecule has 3 nitrogen and oxygen atoms in total. The van der Waals surface area contributed by atoms with E-state index in [0.717, 1.165) is 37.0 Å². The van der Waals surface area contributed by atoms with Crippen LogP contribution in [0, 0.1) is 23.2 Å². The van der Waals surface area contributed by atoms with Gasteiger partial charge in [-0.05, 0) is 62.9 Å². The Balaban J connectivity index is 1.71. The topological polar surface area (TPSA) is 35.5 Å². The number of carbonyl (C=O) groups excluding carboxylic acids is 1. The lowest BCUT2D eigenvalue weighted by atomic mass is 9.47. The van der Waals surface area contributed by atoms with Crippen molar-refractivity contribution in [2.24, 2.45) is 23.2 Å². The van der Waals surface area contributed by atoms with Crippen LogP contribution in [-0.2, 0) is 14.3 Å².